The van der Waals surface area contributed by atoms with Crippen LogP contribution in [0.1, 0.15) is 39.4 Å². The van der Waals surface area contributed by atoms with Crippen LogP contribution in [-0.2, 0) is 4.43 Å². The number of hydrogen-bond donors (Lipinski definition) is 0. The smallest absolute Gasteiger partial charge is 0.192 e. The molecule has 3 heteroatoms. The van der Waals surface area contributed by atoms with Crippen LogP contribution < -0.4 is 0 Å². The molecular weight excluding hydrogens is 292 g/mol. The van der Waals surface area contributed by atoms with Crippen molar-refractivity contribution >= 4 is 24.2 Å². The maximum Gasteiger partial charge on any atom is 0.192 e. The highest BCUT2D eigenvalue weighted by Gasteiger charge is 2.30. The highest BCUT2D eigenvalue weighted by atomic mass is 79.9. The Morgan fingerprint density at radius 1 is 1.06 bits per heavy atom. The van der Waals surface area contributed by atoms with Crippen LogP contribution in [0.5, 0.6) is 0 Å². The molecule has 0 N–H and O–H groups in total. The Bertz CT molecular complexity index is 324. The number of benzene rings is 1. The van der Waals surface area contributed by atoms with E-state index in [1.54, 1.807) is 0 Å². The topological polar surface area (TPSA) is 9.23 Å². The summed E-state index contributed by atoms with van der Waals surface area (Å²) in [5, 5.41) is 0. The Balaban J connectivity index is 2.76. The molecule has 1 nitrogen and oxygen atoms in total. The van der Waals surface area contributed by atoms with Crippen molar-refractivity contribution in [2.75, 3.05) is 0 Å². The minimum atomic E-state index is -1.49. The summed E-state index contributed by atoms with van der Waals surface area (Å²) < 4.78 is 7.56. The highest BCUT2D eigenvalue weighted by Crippen LogP contribution is 2.29. The fourth-order valence-corrected chi connectivity index (χ4v) is 5.33. The van der Waals surface area contributed by atoms with Gasteiger partial charge in [-0.3, -0.25) is 0 Å². The molecule has 0 heterocycles. The molecule has 0 saturated heterocycles. The van der Waals surface area contributed by atoms with E-state index in [0.29, 0.717) is 0 Å². The number of halogens is 1. The summed E-state index contributed by atoms with van der Waals surface area (Å²) >= 11 is 3.46. The fourth-order valence-electron chi connectivity index (χ4n) is 2.18. The molecule has 0 fully saturated rings. The van der Waals surface area contributed by atoms with Crippen LogP contribution in [0.15, 0.2) is 28.7 Å². The minimum absolute atomic E-state index is 0.217. The molecular formula is C14H23BrOSi. The number of hydrogen-bond acceptors (Lipinski definition) is 1. The van der Waals surface area contributed by atoms with E-state index in [1.807, 2.05) is 0 Å². The van der Waals surface area contributed by atoms with Crippen molar-refractivity contribution in [2.45, 2.75) is 51.9 Å². The van der Waals surface area contributed by atoms with Gasteiger partial charge in [0.15, 0.2) is 8.32 Å². The van der Waals surface area contributed by atoms with Crippen LogP contribution in [0, 0.1) is 0 Å². The Morgan fingerprint density at radius 3 is 1.94 bits per heavy atom. The summed E-state index contributed by atoms with van der Waals surface area (Å²) in [4.78, 5) is 0. The lowest BCUT2D eigenvalue weighted by atomic mass is 10.1. The Morgan fingerprint density at radius 2 is 1.53 bits per heavy atom. The summed E-state index contributed by atoms with van der Waals surface area (Å²) in [7, 11) is -1.49. The predicted octanol–water partition coefficient (Wildman–Crippen LogP) is 5.53. The average Bonchev–Trinajstić information content (AvgIpc) is 2.37. The molecule has 1 aromatic carbocycles. The van der Waals surface area contributed by atoms with Crippen molar-refractivity contribution in [3.63, 3.8) is 0 Å². The van der Waals surface area contributed by atoms with Crippen molar-refractivity contribution in [1.29, 1.82) is 0 Å². The molecule has 0 aliphatic heterocycles. The summed E-state index contributed by atoms with van der Waals surface area (Å²) in [5.41, 5.74) is 1.28. The predicted molar refractivity (Wildman–Crippen MR) is 80.8 cm³/mol. The zero-order valence-electron chi connectivity index (χ0n) is 11.3. The lowest BCUT2D eigenvalue weighted by molar-refractivity contribution is 0.210. The van der Waals surface area contributed by atoms with Crippen LogP contribution in [0.25, 0.3) is 0 Å². The molecule has 1 aromatic rings. The Hall–Kier alpha value is -0.123. The van der Waals surface area contributed by atoms with E-state index in [4.69, 9.17) is 4.43 Å². The second-order valence-electron chi connectivity index (χ2n) is 4.56. The van der Waals surface area contributed by atoms with Crippen molar-refractivity contribution in [2.24, 2.45) is 0 Å². The normalized spacial score (nSPS) is 13.7. The molecule has 0 bridgehead atoms. The van der Waals surface area contributed by atoms with E-state index < -0.39 is 8.32 Å². The first-order valence-corrected chi connectivity index (χ1v) is 9.82. The van der Waals surface area contributed by atoms with Gasteiger partial charge in [0.25, 0.3) is 0 Å². The van der Waals surface area contributed by atoms with Crippen molar-refractivity contribution in [3.8, 4) is 0 Å². The van der Waals surface area contributed by atoms with Crippen LogP contribution in [0.3, 0.4) is 0 Å². The van der Waals surface area contributed by atoms with Crippen LogP contribution in [0.4, 0.5) is 0 Å². The van der Waals surface area contributed by atoms with Crippen molar-refractivity contribution < 1.29 is 4.43 Å². The lowest BCUT2D eigenvalue weighted by Crippen LogP contribution is -2.36. The second-order valence-corrected chi connectivity index (χ2v) is 10.2. The van der Waals surface area contributed by atoms with Gasteiger partial charge in [-0.2, -0.15) is 0 Å². The third-order valence-electron chi connectivity index (χ3n) is 3.70. The molecule has 1 unspecified atom stereocenters. The van der Waals surface area contributed by atoms with Gasteiger partial charge in [0.1, 0.15) is 0 Å². The molecule has 0 aliphatic rings. The molecule has 96 valence electrons. The number of rotatable bonds is 6. The third-order valence-corrected chi connectivity index (χ3v) is 8.95. The van der Waals surface area contributed by atoms with Gasteiger partial charge in [-0.15, -0.1) is 0 Å². The second kappa shape index (κ2) is 6.71. The van der Waals surface area contributed by atoms with Gasteiger partial charge in [0.05, 0.1) is 6.10 Å². The summed E-state index contributed by atoms with van der Waals surface area (Å²) in [6.45, 7) is 8.99. The van der Waals surface area contributed by atoms with Gasteiger partial charge in [-0.1, -0.05) is 48.8 Å². The van der Waals surface area contributed by atoms with E-state index in [2.05, 4.69) is 67.9 Å². The van der Waals surface area contributed by atoms with Crippen LogP contribution in [0.2, 0.25) is 18.1 Å². The summed E-state index contributed by atoms with van der Waals surface area (Å²) in [6.07, 6.45) is 0.217. The zero-order valence-corrected chi connectivity index (χ0v) is 13.9. The first-order chi connectivity index (χ1) is 8.06. The van der Waals surface area contributed by atoms with Crippen molar-refractivity contribution in [1.82, 2.24) is 0 Å². The zero-order chi connectivity index (χ0) is 12.9. The van der Waals surface area contributed by atoms with Gasteiger partial charge < -0.3 is 4.43 Å². The van der Waals surface area contributed by atoms with Crippen LogP contribution >= 0.6 is 15.9 Å². The molecule has 17 heavy (non-hydrogen) atoms. The molecule has 0 amide bonds. The largest absolute Gasteiger partial charge is 0.410 e. The molecule has 0 saturated carbocycles. The quantitative estimate of drug-likeness (QED) is 0.627. The summed E-state index contributed by atoms with van der Waals surface area (Å²) in [5.74, 6) is 0. The maximum atomic E-state index is 6.44. The first-order valence-electron chi connectivity index (χ1n) is 6.50. The van der Waals surface area contributed by atoms with Gasteiger partial charge in [0, 0.05) is 4.47 Å². The molecule has 0 aliphatic carbocycles. The van der Waals surface area contributed by atoms with Gasteiger partial charge in [-0.05, 0) is 42.8 Å². The fraction of sp³-hybridized carbons (Fsp3) is 0.571. The first kappa shape index (κ1) is 14.9. The summed E-state index contributed by atoms with van der Waals surface area (Å²) in [6, 6.07) is 12.1. The Labute approximate surface area is 115 Å². The van der Waals surface area contributed by atoms with Gasteiger partial charge in [0.2, 0.25) is 0 Å². The molecule has 1 atom stereocenters. The van der Waals surface area contributed by atoms with E-state index in [9.17, 15) is 0 Å². The third kappa shape index (κ3) is 3.93. The highest BCUT2D eigenvalue weighted by molar-refractivity contribution is 9.10. The van der Waals surface area contributed by atoms with E-state index in [1.165, 1.54) is 23.7 Å². The minimum Gasteiger partial charge on any atom is -0.410 e. The van der Waals surface area contributed by atoms with Gasteiger partial charge in [-0.25, -0.2) is 0 Å². The molecule has 0 aromatic heterocycles. The SMILES string of the molecule is CC[Si](CC)(CC)OC(C)c1ccc(Br)cc1. The monoisotopic (exact) mass is 314 g/mol. The Kier molecular flexibility index (Phi) is 5.90. The lowest BCUT2D eigenvalue weighted by Gasteiger charge is -2.32. The van der Waals surface area contributed by atoms with E-state index in [0.717, 1.165) is 4.47 Å². The average molecular weight is 315 g/mol. The molecule has 0 radical (unpaired) electrons. The van der Waals surface area contributed by atoms with E-state index in [-0.39, 0.29) is 6.10 Å². The molecule has 0 spiro atoms. The van der Waals surface area contributed by atoms with E-state index >= 15 is 0 Å². The van der Waals surface area contributed by atoms with Gasteiger partial charge >= 0.3 is 0 Å². The van der Waals surface area contributed by atoms with Crippen LogP contribution in [-0.4, -0.2) is 8.32 Å². The maximum absolute atomic E-state index is 6.44. The standard InChI is InChI=1S/C14H23BrOSi/c1-5-17(6-2,7-3)16-12(4)13-8-10-14(15)11-9-13/h8-12H,5-7H2,1-4H3. The van der Waals surface area contributed by atoms with Crippen molar-refractivity contribution in [3.05, 3.63) is 34.3 Å². The molecule has 1 rings (SSSR count).